The van der Waals surface area contributed by atoms with E-state index in [0.717, 1.165) is 55.2 Å². The molecule has 0 aliphatic heterocycles. The van der Waals surface area contributed by atoms with E-state index in [4.69, 9.17) is 9.47 Å². The van der Waals surface area contributed by atoms with Gasteiger partial charge in [-0.25, -0.2) is 0 Å². The average Bonchev–Trinajstić information content (AvgIpc) is 3.50. The zero-order valence-corrected chi connectivity index (χ0v) is 23.9. The molecule has 4 aromatic carbocycles. The molecular formula is C36H30N2O4. The summed E-state index contributed by atoms with van der Waals surface area (Å²) >= 11 is 0. The van der Waals surface area contributed by atoms with Gasteiger partial charge in [0.2, 0.25) is 0 Å². The minimum absolute atomic E-state index is 0.0225. The van der Waals surface area contributed by atoms with E-state index < -0.39 is 0 Å². The van der Waals surface area contributed by atoms with E-state index in [-0.39, 0.29) is 23.0 Å². The molecule has 6 heteroatoms. The van der Waals surface area contributed by atoms with Gasteiger partial charge in [0.25, 0.3) is 11.1 Å². The predicted molar refractivity (Wildman–Crippen MR) is 168 cm³/mol. The second-order valence-corrected chi connectivity index (χ2v) is 10.9. The van der Waals surface area contributed by atoms with Gasteiger partial charge in [-0.3, -0.25) is 9.59 Å². The van der Waals surface area contributed by atoms with E-state index in [1.807, 2.05) is 60.7 Å². The molecule has 6 nitrogen and oxygen atoms in total. The van der Waals surface area contributed by atoms with Gasteiger partial charge in [-0.2, -0.15) is 0 Å². The van der Waals surface area contributed by atoms with Crippen LogP contribution < -0.4 is 20.6 Å². The van der Waals surface area contributed by atoms with Crippen molar-refractivity contribution in [1.82, 2.24) is 9.97 Å². The van der Waals surface area contributed by atoms with Gasteiger partial charge in [0, 0.05) is 44.9 Å². The lowest BCUT2D eigenvalue weighted by Gasteiger charge is -2.10. The van der Waals surface area contributed by atoms with Crippen molar-refractivity contribution in [2.75, 3.05) is 14.2 Å². The van der Waals surface area contributed by atoms with E-state index in [0.29, 0.717) is 11.5 Å². The largest absolute Gasteiger partial charge is 0.495 e. The van der Waals surface area contributed by atoms with E-state index in [1.54, 1.807) is 14.2 Å². The van der Waals surface area contributed by atoms with Crippen molar-refractivity contribution >= 4 is 21.8 Å². The van der Waals surface area contributed by atoms with E-state index in [9.17, 15) is 9.59 Å². The third-order valence-corrected chi connectivity index (χ3v) is 8.80. The minimum atomic E-state index is -0.0225. The molecule has 0 saturated heterocycles. The zero-order chi connectivity index (χ0) is 29.1. The van der Waals surface area contributed by atoms with E-state index in [2.05, 4.69) is 48.1 Å². The Balaban J connectivity index is 0.000000137. The van der Waals surface area contributed by atoms with Gasteiger partial charge in [-0.1, -0.05) is 86.6 Å². The number of aromatic nitrogens is 2. The molecule has 0 bridgehead atoms. The number of nitrogens with one attached hydrogen (secondary N) is 2. The Bertz CT molecular complexity index is 2000. The number of benzene rings is 4. The van der Waals surface area contributed by atoms with Gasteiger partial charge in [-0.15, -0.1) is 0 Å². The second kappa shape index (κ2) is 9.77. The number of aromatic amines is 2. The molecule has 2 heterocycles. The fourth-order valence-electron chi connectivity index (χ4n) is 6.88. The number of ether oxygens (including phenoxy) is 2. The summed E-state index contributed by atoms with van der Waals surface area (Å²) in [6, 6.07) is 28.2. The number of rotatable bonds is 2. The third kappa shape index (κ3) is 3.64. The van der Waals surface area contributed by atoms with Crippen molar-refractivity contribution in [2.45, 2.75) is 25.7 Å². The number of hydrogen-bond donors (Lipinski definition) is 2. The average molecular weight is 555 g/mol. The maximum atomic E-state index is 12.6. The van der Waals surface area contributed by atoms with Crippen molar-refractivity contribution in [1.29, 1.82) is 0 Å². The van der Waals surface area contributed by atoms with Crippen LogP contribution in [0.4, 0.5) is 0 Å². The molecule has 0 saturated carbocycles. The fourth-order valence-corrected chi connectivity index (χ4v) is 6.88. The highest BCUT2D eigenvalue weighted by molar-refractivity contribution is 6.03. The molecule has 6 aromatic rings. The number of H-pyrrole nitrogens is 2. The van der Waals surface area contributed by atoms with Crippen LogP contribution in [0.1, 0.15) is 47.9 Å². The first-order valence-corrected chi connectivity index (χ1v) is 14.1. The first kappa shape index (κ1) is 25.8. The maximum Gasteiger partial charge on any atom is 0.252 e. The molecule has 0 fully saturated rings. The molecule has 0 radical (unpaired) electrons. The Morgan fingerprint density at radius 2 is 0.952 bits per heavy atom. The van der Waals surface area contributed by atoms with Crippen LogP contribution in [0.25, 0.3) is 44.1 Å². The highest BCUT2D eigenvalue weighted by atomic mass is 16.5. The quantitative estimate of drug-likeness (QED) is 0.235. The molecule has 2 aliphatic carbocycles. The maximum absolute atomic E-state index is 12.6. The molecule has 0 amide bonds. The smallest absolute Gasteiger partial charge is 0.252 e. The Kier molecular flexibility index (Phi) is 6.01. The van der Waals surface area contributed by atoms with Crippen LogP contribution in [0.3, 0.4) is 0 Å². The summed E-state index contributed by atoms with van der Waals surface area (Å²) < 4.78 is 10.8. The van der Waals surface area contributed by atoms with Crippen LogP contribution >= 0.6 is 0 Å². The number of pyridine rings is 2. The summed E-state index contributed by atoms with van der Waals surface area (Å²) in [6.45, 7) is 4.18. The lowest BCUT2D eigenvalue weighted by molar-refractivity contribution is 0.418. The monoisotopic (exact) mass is 554 g/mol. The first-order valence-electron chi connectivity index (χ1n) is 14.1. The van der Waals surface area contributed by atoms with Crippen LogP contribution in [0.2, 0.25) is 0 Å². The summed E-state index contributed by atoms with van der Waals surface area (Å²) in [5, 5.41) is 2.08. The summed E-state index contributed by atoms with van der Waals surface area (Å²) in [6.07, 6.45) is 0. The molecule has 0 spiro atoms. The van der Waals surface area contributed by atoms with E-state index in [1.165, 1.54) is 11.1 Å². The Morgan fingerprint density at radius 3 is 1.36 bits per heavy atom. The molecule has 208 valence electrons. The standard InChI is InChI=1S/2C18H15NO2/c2*1-10-11-6-3-4-7-12(11)16-13-8-5-9-14(21-2)17(13)19-18(20)15(10)16/h2*3-10H,1-2H3,(H,19,20)/t2*10-/m10/s1. The molecular weight excluding hydrogens is 524 g/mol. The van der Waals surface area contributed by atoms with Crippen molar-refractivity contribution < 1.29 is 9.47 Å². The Hall–Kier alpha value is -5.10. The molecule has 42 heavy (non-hydrogen) atoms. The SMILES string of the molecule is COc1cccc2c3c(c(=O)[nH]c12)[C@@H](C)c1ccccc1-3.COc1cccc2c3c(c(=O)[nH]c12)[C@H](C)c1ccccc1-3. The highest BCUT2D eigenvalue weighted by Crippen LogP contribution is 2.47. The molecule has 2 atom stereocenters. The van der Waals surface area contributed by atoms with Crippen molar-refractivity contribution in [3.05, 3.63) is 128 Å². The van der Waals surface area contributed by atoms with Gasteiger partial charge in [0.05, 0.1) is 25.3 Å². The van der Waals surface area contributed by atoms with E-state index >= 15 is 0 Å². The topological polar surface area (TPSA) is 84.2 Å². The summed E-state index contributed by atoms with van der Waals surface area (Å²) in [7, 11) is 3.24. The highest BCUT2D eigenvalue weighted by Gasteiger charge is 2.31. The lowest BCUT2D eigenvalue weighted by Crippen LogP contribution is -2.14. The third-order valence-electron chi connectivity index (χ3n) is 8.80. The van der Waals surface area contributed by atoms with Gasteiger partial charge in [-0.05, 0) is 34.4 Å². The van der Waals surface area contributed by atoms with Crippen LogP contribution in [0, 0.1) is 0 Å². The fraction of sp³-hybridized carbons (Fsp3) is 0.167. The first-order chi connectivity index (χ1) is 20.4. The lowest BCUT2D eigenvalue weighted by atomic mass is 9.99. The number of fused-ring (bicyclic) bond motifs is 10. The minimum Gasteiger partial charge on any atom is -0.495 e. The molecule has 2 aliphatic rings. The van der Waals surface area contributed by atoms with Crippen molar-refractivity contribution in [3.63, 3.8) is 0 Å². The number of methoxy groups -OCH3 is 2. The molecule has 0 unspecified atom stereocenters. The van der Waals surface area contributed by atoms with Crippen LogP contribution in [0.15, 0.2) is 94.5 Å². The van der Waals surface area contributed by atoms with Gasteiger partial charge >= 0.3 is 0 Å². The van der Waals surface area contributed by atoms with Gasteiger partial charge < -0.3 is 19.4 Å². The van der Waals surface area contributed by atoms with Crippen molar-refractivity contribution in [2.24, 2.45) is 0 Å². The van der Waals surface area contributed by atoms with Gasteiger partial charge in [0.1, 0.15) is 11.5 Å². The normalized spacial score (nSPS) is 15.8. The second-order valence-electron chi connectivity index (χ2n) is 10.9. The van der Waals surface area contributed by atoms with Gasteiger partial charge in [0.15, 0.2) is 0 Å². The summed E-state index contributed by atoms with van der Waals surface area (Å²) in [5.41, 5.74) is 10.1. The van der Waals surface area contributed by atoms with Crippen LogP contribution in [0.5, 0.6) is 11.5 Å². The van der Waals surface area contributed by atoms with Crippen molar-refractivity contribution in [3.8, 4) is 33.8 Å². The molecule has 2 N–H and O–H groups in total. The number of hydrogen-bond acceptors (Lipinski definition) is 4. The molecule has 8 rings (SSSR count). The predicted octanol–water partition coefficient (Wildman–Crippen LogP) is 7.34. The number of para-hydroxylation sites is 2. The zero-order valence-electron chi connectivity index (χ0n) is 23.9. The Morgan fingerprint density at radius 1 is 0.548 bits per heavy atom. The summed E-state index contributed by atoms with van der Waals surface area (Å²) in [4.78, 5) is 31.1. The molecule has 2 aromatic heterocycles. The summed E-state index contributed by atoms with van der Waals surface area (Å²) in [5.74, 6) is 1.64. The van der Waals surface area contributed by atoms with Crippen LogP contribution in [-0.2, 0) is 0 Å². The Labute approximate surface area is 242 Å². The van der Waals surface area contributed by atoms with Crippen LogP contribution in [-0.4, -0.2) is 24.2 Å².